The van der Waals surface area contributed by atoms with Gasteiger partial charge in [-0.25, -0.2) is 32.2 Å². The number of aliphatic hydroxyl groups is 1. The van der Waals surface area contributed by atoms with Crippen molar-refractivity contribution in [2.75, 3.05) is 19.8 Å². The van der Waals surface area contributed by atoms with Crippen LogP contribution >= 0.6 is 0 Å². The van der Waals surface area contributed by atoms with Crippen molar-refractivity contribution in [3.63, 3.8) is 0 Å². The molecule has 1 fully saturated rings. The van der Waals surface area contributed by atoms with Crippen molar-refractivity contribution in [3.8, 4) is 22.8 Å². The summed E-state index contributed by atoms with van der Waals surface area (Å²) in [6.07, 6.45) is 2.23. The van der Waals surface area contributed by atoms with Crippen LogP contribution in [-0.4, -0.2) is 70.2 Å². The lowest BCUT2D eigenvalue weighted by atomic mass is 9.95. The lowest BCUT2D eigenvalue weighted by molar-refractivity contribution is -0.179. The number of carbonyl (C=O) groups excluding carboxylic acids is 1. The van der Waals surface area contributed by atoms with Gasteiger partial charge in [-0.2, -0.15) is 0 Å². The highest BCUT2D eigenvalue weighted by Gasteiger charge is 2.68. The van der Waals surface area contributed by atoms with Crippen LogP contribution < -0.4 is 0 Å². The van der Waals surface area contributed by atoms with Gasteiger partial charge in [-0.05, 0) is 18.2 Å². The summed E-state index contributed by atoms with van der Waals surface area (Å²) >= 11 is 0. The molecular formula is C18H15F2N5O5S. The van der Waals surface area contributed by atoms with Gasteiger partial charge in [0.2, 0.25) is 15.0 Å². The minimum atomic E-state index is -3.78. The number of amides is 1. The van der Waals surface area contributed by atoms with E-state index in [9.17, 15) is 27.1 Å². The predicted octanol–water partition coefficient (Wildman–Crippen LogP) is 0.892. The van der Waals surface area contributed by atoms with E-state index in [0.29, 0.717) is 4.90 Å². The molecule has 4 rings (SSSR count). The van der Waals surface area contributed by atoms with Gasteiger partial charge in [0.1, 0.15) is 5.69 Å². The van der Waals surface area contributed by atoms with Crippen LogP contribution in [0, 0.1) is 0 Å². The zero-order valence-electron chi connectivity index (χ0n) is 16.2. The van der Waals surface area contributed by atoms with Crippen LogP contribution in [0.4, 0.5) is 8.78 Å². The Bertz CT molecular complexity index is 1300. The Morgan fingerprint density at radius 3 is 2.39 bits per heavy atom. The Labute approximate surface area is 174 Å². The highest BCUT2D eigenvalue weighted by atomic mass is 32.2. The van der Waals surface area contributed by atoms with Gasteiger partial charge in [-0.3, -0.25) is 4.79 Å². The van der Waals surface area contributed by atoms with Crippen LogP contribution in [0.5, 0.6) is 0 Å². The van der Waals surface area contributed by atoms with E-state index in [1.54, 1.807) is 12.1 Å². The highest BCUT2D eigenvalue weighted by Crippen LogP contribution is 2.45. The first-order valence-corrected chi connectivity index (χ1v) is 10.7. The molecule has 0 radical (unpaired) electrons. The fourth-order valence-corrected chi connectivity index (χ4v) is 3.67. The monoisotopic (exact) mass is 451 g/mol. The third-order valence-corrected chi connectivity index (χ3v) is 5.59. The van der Waals surface area contributed by atoms with Gasteiger partial charge in [-0.1, -0.05) is 11.2 Å². The van der Waals surface area contributed by atoms with Crippen LogP contribution in [0.15, 0.2) is 46.2 Å². The smallest absolute Gasteiger partial charge is 0.309 e. The fourth-order valence-electron chi connectivity index (χ4n) is 3.15. The van der Waals surface area contributed by atoms with Crippen molar-refractivity contribution in [3.05, 3.63) is 42.3 Å². The average molecular weight is 451 g/mol. The van der Waals surface area contributed by atoms with Crippen LogP contribution in [-0.2, 0) is 20.2 Å². The van der Waals surface area contributed by atoms with E-state index in [1.807, 2.05) is 0 Å². The van der Waals surface area contributed by atoms with Crippen LogP contribution in [0.2, 0.25) is 0 Å². The van der Waals surface area contributed by atoms with Gasteiger partial charge < -0.3 is 14.5 Å². The molecule has 1 N–H and O–H groups in total. The molecule has 1 atom stereocenters. The number of hydrogen-bond acceptors (Lipinski definition) is 9. The summed E-state index contributed by atoms with van der Waals surface area (Å²) in [5, 5.41) is 13.7. The maximum absolute atomic E-state index is 14.3. The van der Waals surface area contributed by atoms with E-state index in [0.717, 1.165) is 19.4 Å². The molecule has 0 bridgehead atoms. The molecule has 1 aliphatic heterocycles. The summed E-state index contributed by atoms with van der Waals surface area (Å²) in [5.41, 5.74) is -2.56. The van der Waals surface area contributed by atoms with Gasteiger partial charge in [0, 0.05) is 25.6 Å². The molecule has 1 saturated heterocycles. The second-order valence-electron chi connectivity index (χ2n) is 7.06. The molecule has 0 saturated carbocycles. The normalized spacial score (nSPS) is 20.9. The fraction of sp³-hybridized carbons (Fsp3) is 0.278. The Morgan fingerprint density at radius 1 is 1.13 bits per heavy atom. The van der Waals surface area contributed by atoms with Crippen LogP contribution in [0.25, 0.3) is 22.8 Å². The van der Waals surface area contributed by atoms with E-state index in [4.69, 9.17) is 4.52 Å². The summed E-state index contributed by atoms with van der Waals surface area (Å²) in [5.74, 6) is -5.71. The molecule has 162 valence electrons. The summed E-state index contributed by atoms with van der Waals surface area (Å²) in [6, 6.07) is 7.07. The molecule has 1 unspecified atom stereocenters. The Kier molecular flexibility index (Phi) is 4.63. The zero-order valence-corrected chi connectivity index (χ0v) is 17.0. The maximum Gasteiger partial charge on any atom is 0.309 e. The molecule has 31 heavy (non-hydrogen) atoms. The van der Waals surface area contributed by atoms with E-state index in [2.05, 4.69) is 20.1 Å². The molecule has 1 amide bonds. The lowest BCUT2D eigenvalue weighted by Crippen LogP contribution is -2.46. The van der Waals surface area contributed by atoms with E-state index in [1.165, 1.54) is 18.3 Å². The van der Waals surface area contributed by atoms with Gasteiger partial charge in [0.25, 0.3) is 11.5 Å². The van der Waals surface area contributed by atoms with E-state index in [-0.39, 0.29) is 27.9 Å². The topological polar surface area (TPSA) is 139 Å². The standard InChI is InChI=1S/C18H15F2N5O5S/c1-25-9-17(19,20)18(27,15(25)26)14-8-13(24-30-14)11-5-3-4-10(22-11)12-6-7-21-16(23-12)31(2,28)29/h3-8,27H,9H2,1-2H3. The van der Waals surface area contributed by atoms with Crippen molar-refractivity contribution < 1.29 is 31.6 Å². The summed E-state index contributed by atoms with van der Waals surface area (Å²) in [4.78, 5) is 24.9. The first-order chi connectivity index (χ1) is 14.4. The first-order valence-electron chi connectivity index (χ1n) is 8.77. The zero-order chi connectivity index (χ0) is 22.6. The molecular weight excluding hydrogens is 436 g/mol. The number of sulfone groups is 1. The molecule has 4 heterocycles. The second-order valence-corrected chi connectivity index (χ2v) is 8.97. The molecule has 10 nitrogen and oxygen atoms in total. The SMILES string of the molecule is CN1CC(F)(F)C(O)(c2cc(-c3cccc(-c4ccnc(S(C)(=O)=O)n4)n3)no2)C1=O. The lowest BCUT2D eigenvalue weighted by Gasteiger charge is -2.22. The first kappa shape index (κ1) is 20.9. The van der Waals surface area contributed by atoms with Gasteiger partial charge in [0.15, 0.2) is 5.76 Å². The van der Waals surface area contributed by atoms with Crippen LogP contribution in [0.1, 0.15) is 5.76 Å². The average Bonchev–Trinajstić information content (AvgIpc) is 3.27. The van der Waals surface area contributed by atoms with Crippen molar-refractivity contribution >= 4 is 15.7 Å². The summed E-state index contributed by atoms with van der Waals surface area (Å²) < 4.78 is 56.9. The number of hydrogen-bond donors (Lipinski definition) is 1. The number of pyridine rings is 1. The Morgan fingerprint density at radius 2 is 1.77 bits per heavy atom. The van der Waals surface area contributed by atoms with Gasteiger partial charge in [-0.15, -0.1) is 0 Å². The number of alkyl halides is 2. The third-order valence-electron chi connectivity index (χ3n) is 4.73. The van der Waals surface area contributed by atoms with E-state index >= 15 is 0 Å². The number of carbonyl (C=O) groups is 1. The number of likely N-dealkylation sites (N-methyl/N-ethyl adjacent to an activating group) is 1. The quantitative estimate of drug-likeness (QED) is 0.573. The number of rotatable bonds is 4. The maximum atomic E-state index is 14.3. The van der Waals surface area contributed by atoms with Crippen LogP contribution in [0.3, 0.4) is 0 Å². The van der Waals surface area contributed by atoms with E-state index < -0.39 is 39.6 Å². The summed E-state index contributed by atoms with van der Waals surface area (Å²) in [7, 11) is -2.50. The number of aromatic nitrogens is 4. The van der Waals surface area contributed by atoms with Crippen molar-refractivity contribution in [1.82, 2.24) is 25.0 Å². The Hall–Kier alpha value is -3.32. The molecule has 13 heteroatoms. The largest absolute Gasteiger partial charge is 0.368 e. The molecule has 3 aromatic rings. The Balaban J connectivity index is 1.73. The molecule has 3 aromatic heterocycles. The molecule has 0 spiro atoms. The molecule has 0 aliphatic carbocycles. The van der Waals surface area contributed by atoms with Gasteiger partial charge >= 0.3 is 5.92 Å². The van der Waals surface area contributed by atoms with Gasteiger partial charge in [0.05, 0.1) is 23.6 Å². The second kappa shape index (κ2) is 6.85. The number of nitrogens with zero attached hydrogens (tertiary/aromatic N) is 5. The predicted molar refractivity (Wildman–Crippen MR) is 100 cm³/mol. The third kappa shape index (κ3) is 3.35. The number of halogens is 2. The molecule has 0 aromatic carbocycles. The summed E-state index contributed by atoms with van der Waals surface area (Å²) in [6.45, 7) is -0.970. The molecule has 1 aliphatic rings. The minimum Gasteiger partial charge on any atom is -0.368 e. The van der Waals surface area contributed by atoms with Crippen molar-refractivity contribution in [2.24, 2.45) is 0 Å². The highest BCUT2D eigenvalue weighted by molar-refractivity contribution is 7.90. The number of likely N-dealkylation sites (tertiary alicyclic amines) is 1. The minimum absolute atomic E-state index is 0.0131. The van der Waals surface area contributed by atoms with Crippen molar-refractivity contribution in [2.45, 2.75) is 16.7 Å². The van der Waals surface area contributed by atoms with Crippen molar-refractivity contribution in [1.29, 1.82) is 0 Å².